The summed E-state index contributed by atoms with van der Waals surface area (Å²) >= 11 is 0. The SMILES string of the molecule is CC(C)C1NC(=O)C(c2ccccc2)N(Cc2ccccc2)C1=O. The number of nitrogens with zero attached hydrogens (tertiary/aromatic N) is 1. The molecule has 24 heavy (non-hydrogen) atoms. The fraction of sp³-hybridized carbons (Fsp3) is 0.300. The van der Waals surface area contributed by atoms with E-state index in [1.165, 1.54) is 0 Å². The Bertz CT molecular complexity index is 713. The Morgan fingerprint density at radius 1 is 0.958 bits per heavy atom. The van der Waals surface area contributed by atoms with Gasteiger partial charge in [-0.25, -0.2) is 0 Å². The minimum absolute atomic E-state index is 0.0256. The zero-order chi connectivity index (χ0) is 17.1. The number of nitrogens with one attached hydrogen (secondary N) is 1. The zero-order valence-corrected chi connectivity index (χ0v) is 14.0. The Labute approximate surface area is 142 Å². The summed E-state index contributed by atoms with van der Waals surface area (Å²) in [6.07, 6.45) is 0. The molecule has 124 valence electrons. The summed E-state index contributed by atoms with van der Waals surface area (Å²) < 4.78 is 0. The molecular formula is C20H22N2O2. The third-order valence-electron chi connectivity index (χ3n) is 4.38. The Hall–Kier alpha value is -2.62. The first-order chi connectivity index (χ1) is 11.6. The van der Waals surface area contributed by atoms with Crippen LogP contribution in [0.5, 0.6) is 0 Å². The maximum atomic E-state index is 13.0. The minimum Gasteiger partial charge on any atom is -0.342 e. The first kappa shape index (κ1) is 16.2. The van der Waals surface area contributed by atoms with Gasteiger partial charge in [0.05, 0.1) is 0 Å². The van der Waals surface area contributed by atoms with Gasteiger partial charge in [0.1, 0.15) is 12.1 Å². The van der Waals surface area contributed by atoms with Gasteiger partial charge in [0.25, 0.3) is 0 Å². The van der Waals surface area contributed by atoms with E-state index >= 15 is 0 Å². The molecular weight excluding hydrogens is 300 g/mol. The second kappa shape index (κ2) is 6.87. The maximum Gasteiger partial charge on any atom is 0.248 e. The van der Waals surface area contributed by atoms with Gasteiger partial charge in [-0.3, -0.25) is 9.59 Å². The molecule has 1 saturated heterocycles. The minimum atomic E-state index is -0.589. The molecule has 2 unspecified atom stereocenters. The number of hydrogen-bond donors (Lipinski definition) is 1. The smallest absolute Gasteiger partial charge is 0.248 e. The third-order valence-corrected chi connectivity index (χ3v) is 4.38. The van der Waals surface area contributed by atoms with Crippen LogP contribution in [0.2, 0.25) is 0 Å². The van der Waals surface area contributed by atoms with E-state index in [4.69, 9.17) is 0 Å². The normalized spacial score (nSPS) is 21.0. The predicted octanol–water partition coefficient (Wildman–Crippen LogP) is 2.91. The number of carbonyl (C=O) groups is 2. The van der Waals surface area contributed by atoms with Crippen LogP contribution < -0.4 is 5.32 Å². The number of benzene rings is 2. The van der Waals surface area contributed by atoms with Crippen molar-refractivity contribution in [3.05, 3.63) is 71.8 Å². The molecule has 2 aromatic rings. The number of carbonyl (C=O) groups excluding carboxylic acids is 2. The molecule has 0 bridgehead atoms. The van der Waals surface area contributed by atoms with E-state index in [2.05, 4.69) is 5.32 Å². The van der Waals surface area contributed by atoms with Gasteiger partial charge >= 0.3 is 0 Å². The molecule has 4 nitrogen and oxygen atoms in total. The van der Waals surface area contributed by atoms with Gasteiger partial charge in [-0.15, -0.1) is 0 Å². The number of rotatable bonds is 4. The van der Waals surface area contributed by atoms with Gasteiger partial charge in [0, 0.05) is 6.54 Å². The van der Waals surface area contributed by atoms with Crippen LogP contribution in [-0.2, 0) is 16.1 Å². The first-order valence-electron chi connectivity index (χ1n) is 8.27. The first-order valence-corrected chi connectivity index (χ1v) is 8.27. The van der Waals surface area contributed by atoms with Crippen molar-refractivity contribution < 1.29 is 9.59 Å². The monoisotopic (exact) mass is 322 g/mol. The fourth-order valence-corrected chi connectivity index (χ4v) is 3.11. The molecule has 0 aromatic heterocycles. The number of hydrogen-bond acceptors (Lipinski definition) is 2. The highest BCUT2D eigenvalue weighted by molar-refractivity contribution is 5.97. The van der Waals surface area contributed by atoms with Crippen LogP contribution in [0.4, 0.5) is 0 Å². The lowest BCUT2D eigenvalue weighted by molar-refractivity contribution is -0.151. The van der Waals surface area contributed by atoms with Gasteiger partial charge in [-0.2, -0.15) is 0 Å². The van der Waals surface area contributed by atoms with E-state index in [1.807, 2.05) is 74.5 Å². The predicted molar refractivity (Wildman–Crippen MR) is 92.9 cm³/mol. The van der Waals surface area contributed by atoms with Gasteiger partial charge < -0.3 is 10.2 Å². The highest BCUT2D eigenvalue weighted by Gasteiger charge is 2.42. The molecule has 2 atom stereocenters. The average molecular weight is 322 g/mol. The molecule has 2 amide bonds. The molecule has 0 spiro atoms. The van der Waals surface area contributed by atoms with Crippen LogP contribution in [-0.4, -0.2) is 22.8 Å². The standard InChI is InChI=1S/C20H22N2O2/c1-14(2)17-20(24)22(13-15-9-5-3-6-10-15)18(19(23)21-17)16-11-7-4-8-12-16/h3-12,14,17-18H,13H2,1-2H3,(H,21,23). The summed E-state index contributed by atoms with van der Waals surface area (Å²) in [5.74, 6) is -0.0887. The van der Waals surface area contributed by atoms with Crippen molar-refractivity contribution in [2.24, 2.45) is 5.92 Å². The van der Waals surface area contributed by atoms with Crippen molar-refractivity contribution in [2.45, 2.75) is 32.5 Å². The van der Waals surface area contributed by atoms with Crippen molar-refractivity contribution in [3.63, 3.8) is 0 Å². The Morgan fingerprint density at radius 2 is 1.54 bits per heavy atom. The van der Waals surface area contributed by atoms with Gasteiger partial charge in [0.2, 0.25) is 11.8 Å². The lowest BCUT2D eigenvalue weighted by Gasteiger charge is -2.40. The maximum absolute atomic E-state index is 13.0. The quantitative estimate of drug-likeness (QED) is 0.941. The van der Waals surface area contributed by atoms with E-state index < -0.39 is 12.1 Å². The summed E-state index contributed by atoms with van der Waals surface area (Å²) in [5, 5.41) is 2.90. The highest BCUT2D eigenvalue weighted by Crippen LogP contribution is 2.29. The van der Waals surface area contributed by atoms with Crippen molar-refractivity contribution in [1.82, 2.24) is 10.2 Å². The molecule has 2 aromatic carbocycles. The van der Waals surface area contributed by atoms with Gasteiger partial charge in [0.15, 0.2) is 0 Å². The molecule has 1 aliphatic rings. The molecule has 1 fully saturated rings. The Morgan fingerprint density at radius 3 is 2.12 bits per heavy atom. The average Bonchev–Trinajstić information content (AvgIpc) is 2.59. The second-order valence-electron chi connectivity index (χ2n) is 6.50. The van der Waals surface area contributed by atoms with E-state index in [0.29, 0.717) is 6.54 Å². The summed E-state index contributed by atoms with van der Waals surface area (Å²) in [6.45, 7) is 4.33. The highest BCUT2D eigenvalue weighted by atomic mass is 16.2. The van der Waals surface area contributed by atoms with Crippen LogP contribution in [0.25, 0.3) is 0 Å². The number of piperazine rings is 1. The largest absolute Gasteiger partial charge is 0.342 e. The van der Waals surface area contributed by atoms with E-state index in [0.717, 1.165) is 11.1 Å². The Balaban J connectivity index is 1.98. The molecule has 1 N–H and O–H groups in total. The zero-order valence-electron chi connectivity index (χ0n) is 14.0. The van der Waals surface area contributed by atoms with Crippen LogP contribution in [0.3, 0.4) is 0 Å². The van der Waals surface area contributed by atoms with Crippen LogP contribution in [0.1, 0.15) is 31.0 Å². The van der Waals surface area contributed by atoms with Crippen LogP contribution >= 0.6 is 0 Å². The summed E-state index contributed by atoms with van der Waals surface area (Å²) in [4.78, 5) is 27.5. The van der Waals surface area contributed by atoms with Crippen molar-refractivity contribution in [1.29, 1.82) is 0 Å². The van der Waals surface area contributed by atoms with Gasteiger partial charge in [-0.05, 0) is 17.0 Å². The van der Waals surface area contributed by atoms with Crippen molar-refractivity contribution in [2.75, 3.05) is 0 Å². The molecule has 1 heterocycles. The molecule has 0 saturated carbocycles. The molecule has 0 aliphatic carbocycles. The molecule has 0 radical (unpaired) electrons. The number of amides is 2. The Kier molecular flexibility index (Phi) is 4.65. The van der Waals surface area contributed by atoms with Crippen LogP contribution in [0.15, 0.2) is 60.7 Å². The van der Waals surface area contributed by atoms with Crippen LogP contribution in [0, 0.1) is 5.92 Å². The summed E-state index contributed by atoms with van der Waals surface area (Å²) in [5.41, 5.74) is 1.85. The van der Waals surface area contributed by atoms with Crippen molar-refractivity contribution in [3.8, 4) is 0 Å². The van der Waals surface area contributed by atoms with E-state index in [9.17, 15) is 9.59 Å². The van der Waals surface area contributed by atoms with Gasteiger partial charge in [-0.1, -0.05) is 74.5 Å². The second-order valence-corrected chi connectivity index (χ2v) is 6.50. The lowest BCUT2D eigenvalue weighted by atomic mass is 9.94. The summed E-state index contributed by atoms with van der Waals surface area (Å²) in [6, 6.07) is 18.2. The lowest BCUT2D eigenvalue weighted by Crippen LogP contribution is -2.60. The molecule has 4 heteroatoms. The van der Waals surface area contributed by atoms with Crippen molar-refractivity contribution >= 4 is 11.8 Å². The van der Waals surface area contributed by atoms with E-state index in [-0.39, 0.29) is 17.7 Å². The third kappa shape index (κ3) is 3.18. The fourth-order valence-electron chi connectivity index (χ4n) is 3.11. The topological polar surface area (TPSA) is 49.4 Å². The van der Waals surface area contributed by atoms with E-state index in [1.54, 1.807) is 4.90 Å². The summed E-state index contributed by atoms with van der Waals surface area (Å²) in [7, 11) is 0. The molecule has 1 aliphatic heterocycles. The molecule has 3 rings (SSSR count).